The number of carbonyl (C=O) groups is 3. The van der Waals surface area contributed by atoms with E-state index in [0.29, 0.717) is 17.7 Å². The van der Waals surface area contributed by atoms with Crippen LogP contribution in [-0.2, 0) is 14.4 Å². The number of aliphatic carboxylic acids is 1. The summed E-state index contributed by atoms with van der Waals surface area (Å²) in [5, 5.41) is 11.1. The van der Waals surface area contributed by atoms with Gasteiger partial charge in [0.15, 0.2) is 0 Å². The molecule has 16 heavy (non-hydrogen) atoms. The average Bonchev–Trinajstić information content (AvgIpc) is 2.25. The molecule has 2 heterocycles. The second kappa shape index (κ2) is 3.82. The highest BCUT2D eigenvalue weighted by atomic mass is 32.2. The normalized spacial score (nSPS) is 28.3. The van der Waals surface area contributed by atoms with Gasteiger partial charge in [0.05, 0.1) is 0 Å². The van der Waals surface area contributed by atoms with E-state index in [1.165, 1.54) is 16.7 Å². The smallest absolute Gasteiger partial charge is 0.352 e. The molecule has 1 fully saturated rings. The summed E-state index contributed by atoms with van der Waals surface area (Å²) in [7, 11) is 0. The molecule has 0 aromatic rings. The maximum Gasteiger partial charge on any atom is 0.352 e. The number of nitrogens with zero attached hydrogens (tertiary/aromatic N) is 1. The first-order chi connectivity index (χ1) is 7.57. The Labute approximate surface area is 95.7 Å². The van der Waals surface area contributed by atoms with Gasteiger partial charge in [-0.15, -0.1) is 11.8 Å². The van der Waals surface area contributed by atoms with Gasteiger partial charge >= 0.3 is 5.97 Å². The molecule has 2 amide bonds. The van der Waals surface area contributed by atoms with Crippen LogP contribution in [-0.4, -0.2) is 45.5 Å². The first-order valence-corrected chi connectivity index (χ1v) is 5.70. The first kappa shape index (κ1) is 11.0. The van der Waals surface area contributed by atoms with Gasteiger partial charge in [0.1, 0.15) is 17.1 Å². The van der Waals surface area contributed by atoms with E-state index < -0.39 is 12.0 Å². The SMILES string of the molecule is CC1=C(C(=O)O)N2C(=O)[C@@H](NC=O)[C@@H]2SC1. The lowest BCUT2D eigenvalue weighted by atomic mass is 10.0. The van der Waals surface area contributed by atoms with E-state index in [4.69, 9.17) is 5.11 Å². The Hall–Kier alpha value is -1.50. The minimum Gasteiger partial charge on any atom is -0.477 e. The Bertz CT molecular complexity index is 406. The topological polar surface area (TPSA) is 86.7 Å². The molecule has 2 atom stereocenters. The van der Waals surface area contributed by atoms with Crippen molar-refractivity contribution < 1.29 is 19.5 Å². The van der Waals surface area contributed by atoms with Crippen molar-refractivity contribution in [3.63, 3.8) is 0 Å². The molecule has 0 aliphatic carbocycles. The Balaban J connectivity index is 2.27. The van der Waals surface area contributed by atoms with Crippen LogP contribution in [0.15, 0.2) is 11.3 Å². The van der Waals surface area contributed by atoms with Gasteiger partial charge in [-0.25, -0.2) is 4.79 Å². The van der Waals surface area contributed by atoms with Crippen LogP contribution in [0.5, 0.6) is 0 Å². The van der Waals surface area contributed by atoms with E-state index >= 15 is 0 Å². The van der Waals surface area contributed by atoms with Gasteiger partial charge in [0, 0.05) is 5.75 Å². The van der Waals surface area contributed by atoms with Gasteiger partial charge in [-0.1, -0.05) is 0 Å². The van der Waals surface area contributed by atoms with Crippen molar-refractivity contribution >= 4 is 30.0 Å². The monoisotopic (exact) mass is 242 g/mol. The predicted octanol–water partition coefficient (Wildman–Crippen LogP) is -0.625. The number of carbonyl (C=O) groups excluding carboxylic acids is 2. The lowest BCUT2D eigenvalue weighted by Crippen LogP contribution is -2.69. The van der Waals surface area contributed by atoms with Gasteiger partial charge in [-0.3, -0.25) is 14.5 Å². The van der Waals surface area contributed by atoms with Crippen molar-refractivity contribution in [1.29, 1.82) is 0 Å². The van der Waals surface area contributed by atoms with Crippen LogP contribution >= 0.6 is 11.8 Å². The van der Waals surface area contributed by atoms with E-state index in [-0.39, 0.29) is 17.0 Å². The number of rotatable bonds is 3. The number of thioether (sulfide) groups is 1. The average molecular weight is 242 g/mol. The van der Waals surface area contributed by atoms with Crippen LogP contribution in [0.2, 0.25) is 0 Å². The fraction of sp³-hybridized carbons (Fsp3) is 0.444. The molecule has 0 saturated carbocycles. The molecule has 2 aliphatic rings. The largest absolute Gasteiger partial charge is 0.477 e. The molecule has 0 unspecified atom stereocenters. The Morgan fingerprint density at radius 2 is 2.38 bits per heavy atom. The molecular weight excluding hydrogens is 232 g/mol. The fourth-order valence-electron chi connectivity index (χ4n) is 1.87. The minimum absolute atomic E-state index is 0.0534. The molecule has 0 aromatic carbocycles. The summed E-state index contributed by atoms with van der Waals surface area (Å²) in [6, 6.07) is -0.593. The summed E-state index contributed by atoms with van der Waals surface area (Å²) in [6.45, 7) is 1.69. The third-order valence-corrected chi connectivity index (χ3v) is 4.03. The van der Waals surface area contributed by atoms with Crippen molar-refractivity contribution in [2.45, 2.75) is 18.3 Å². The zero-order valence-electron chi connectivity index (χ0n) is 8.47. The lowest BCUT2D eigenvalue weighted by Gasteiger charge is -2.48. The number of hydrogen-bond acceptors (Lipinski definition) is 4. The summed E-state index contributed by atoms with van der Waals surface area (Å²) < 4.78 is 0. The quantitative estimate of drug-likeness (QED) is 0.508. The molecule has 2 aliphatic heterocycles. The van der Waals surface area contributed by atoms with Crippen molar-refractivity contribution in [1.82, 2.24) is 10.2 Å². The van der Waals surface area contributed by atoms with Crippen LogP contribution in [0.3, 0.4) is 0 Å². The zero-order chi connectivity index (χ0) is 11.9. The summed E-state index contributed by atoms with van der Waals surface area (Å²) >= 11 is 1.46. The van der Waals surface area contributed by atoms with E-state index in [1.807, 2.05) is 0 Å². The van der Waals surface area contributed by atoms with Crippen LogP contribution in [0.1, 0.15) is 6.92 Å². The van der Waals surface area contributed by atoms with E-state index in [1.54, 1.807) is 6.92 Å². The maximum absolute atomic E-state index is 11.6. The van der Waals surface area contributed by atoms with Crippen molar-refractivity contribution in [2.75, 3.05) is 5.75 Å². The van der Waals surface area contributed by atoms with Gasteiger partial charge in [-0.2, -0.15) is 0 Å². The third kappa shape index (κ3) is 1.39. The van der Waals surface area contributed by atoms with Gasteiger partial charge in [0.25, 0.3) is 5.91 Å². The third-order valence-electron chi connectivity index (χ3n) is 2.61. The number of hydrogen-bond donors (Lipinski definition) is 2. The highest BCUT2D eigenvalue weighted by molar-refractivity contribution is 8.00. The van der Waals surface area contributed by atoms with Crippen LogP contribution in [0.25, 0.3) is 0 Å². The number of carboxylic acids is 1. The summed E-state index contributed by atoms with van der Waals surface area (Å²) in [5.41, 5.74) is 0.726. The van der Waals surface area contributed by atoms with E-state index in [2.05, 4.69) is 5.32 Å². The second-order valence-corrected chi connectivity index (χ2v) is 4.71. The Kier molecular flexibility index (Phi) is 2.63. The second-order valence-electron chi connectivity index (χ2n) is 3.61. The molecule has 0 bridgehead atoms. The fourth-order valence-corrected chi connectivity index (χ4v) is 3.17. The van der Waals surface area contributed by atoms with Crippen LogP contribution in [0.4, 0.5) is 0 Å². The first-order valence-electron chi connectivity index (χ1n) is 4.65. The molecule has 7 heteroatoms. The zero-order valence-corrected chi connectivity index (χ0v) is 9.28. The summed E-state index contributed by atoms with van der Waals surface area (Å²) in [5.74, 6) is -0.894. The number of nitrogens with one attached hydrogen (secondary N) is 1. The van der Waals surface area contributed by atoms with E-state index in [9.17, 15) is 14.4 Å². The van der Waals surface area contributed by atoms with Crippen molar-refractivity contribution in [2.24, 2.45) is 0 Å². The molecule has 0 radical (unpaired) electrons. The Morgan fingerprint density at radius 3 is 2.94 bits per heavy atom. The van der Waals surface area contributed by atoms with Crippen LogP contribution in [0, 0.1) is 0 Å². The number of carboxylic acid groups (broad SMARTS) is 1. The molecule has 2 N–H and O–H groups in total. The van der Waals surface area contributed by atoms with Gasteiger partial charge in [-0.05, 0) is 12.5 Å². The highest BCUT2D eigenvalue weighted by Gasteiger charge is 2.52. The van der Waals surface area contributed by atoms with Gasteiger partial charge in [0.2, 0.25) is 6.41 Å². The molecular formula is C9H10N2O4S. The standard InChI is InChI=1S/C9H10N2O4S/c1-4-2-16-8-5(10-3-12)7(13)11(8)6(4)9(14)15/h3,5,8H,2H2,1H3,(H,10,12)(H,14,15)/t5-,8+/m1/s1. The minimum atomic E-state index is -1.10. The highest BCUT2D eigenvalue weighted by Crippen LogP contribution is 2.39. The summed E-state index contributed by atoms with van der Waals surface area (Å²) in [4.78, 5) is 34.2. The van der Waals surface area contributed by atoms with Crippen LogP contribution < -0.4 is 5.32 Å². The summed E-state index contributed by atoms with van der Waals surface area (Å²) in [6.07, 6.45) is 0.464. The van der Waals surface area contributed by atoms with Gasteiger partial charge < -0.3 is 10.4 Å². The maximum atomic E-state index is 11.6. The predicted molar refractivity (Wildman–Crippen MR) is 56.4 cm³/mol. The number of fused-ring (bicyclic) bond motifs is 1. The van der Waals surface area contributed by atoms with Crippen molar-refractivity contribution in [3.05, 3.63) is 11.3 Å². The molecule has 1 saturated heterocycles. The lowest BCUT2D eigenvalue weighted by molar-refractivity contribution is -0.149. The molecule has 0 spiro atoms. The van der Waals surface area contributed by atoms with E-state index in [0.717, 1.165) is 0 Å². The Morgan fingerprint density at radius 1 is 1.69 bits per heavy atom. The molecule has 0 aromatic heterocycles. The molecule has 2 rings (SSSR count). The molecule has 6 nitrogen and oxygen atoms in total. The number of amides is 2. The number of β-lactam (4-membered cyclic amide) rings is 1. The molecule has 86 valence electrons. The van der Waals surface area contributed by atoms with Crippen molar-refractivity contribution in [3.8, 4) is 0 Å².